The van der Waals surface area contributed by atoms with Crippen LogP contribution in [0.4, 0.5) is 0 Å². The second-order valence-electron chi connectivity index (χ2n) is 5.27. The van der Waals surface area contributed by atoms with Crippen LogP contribution in [0.1, 0.15) is 10.4 Å². The highest BCUT2D eigenvalue weighted by molar-refractivity contribution is 7.99. The number of benzene rings is 1. The first kappa shape index (κ1) is 14.0. The maximum Gasteiger partial charge on any atom is 0.257 e. The lowest BCUT2D eigenvalue weighted by Gasteiger charge is -2.25. The fraction of sp³-hybridized carbons (Fsp3) is 0.333. The summed E-state index contributed by atoms with van der Waals surface area (Å²) in [6.07, 6.45) is 1.82. The molecule has 1 fully saturated rings. The lowest BCUT2D eigenvalue weighted by molar-refractivity contribution is -0.132. The highest BCUT2D eigenvalue weighted by Gasteiger charge is 2.36. The van der Waals surface area contributed by atoms with E-state index in [-0.39, 0.29) is 17.9 Å². The zero-order chi connectivity index (χ0) is 15.0. The minimum absolute atomic E-state index is 0.0213. The minimum atomic E-state index is -0.372. The Morgan fingerprint density at radius 3 is 2.90 bits per heavy atom. The Hall–Kier alpha value is -1.95. The minimum Gasteiger partial charge on any atom is -0.361 e. The van der Waals surface area contributed by atoms with Gasteiger partial charge in [-0.2, -0.15) is 0 Å². The van der Waals surface area contributed by atoms with Gasteiger partial charge >= 0.3 is 0 Å². The molecule has 0 aliphatic carbocycles. The van der Waals surface area contributed by atoms with Crippen molar-refractivity contribution in [1.82, 2.24) is 14.8 Å². The first-order chi connectivity index (χ1) is 10.1. The van der Waals surface area contributed by atoms with Gasteiger partial charge in [0, 0.05) is 31.4 Å². The predicted octanol–water partition coefficient (Wildman–Crippen LogP) is 1.77. The van der Waals surface area contributed by atoms with Crippen LogP contribution in [-0.4, -0.2) is 58.4 Å². The van der Waals surface area contributed by atoms with Crippen LogP contribution in [0.15, 0.2) is 30.5 Å². The predicted molar refractivity (Wildman–Crippen MR) is 84.3 cm³/mol. The maximum absolute atomic E-state index is 12.8. The Bertz CT molecular complexity index is 695. The van der Waals surface area contributed by atoms with Crippen molar-refractivity contribution in [1.29, 1.82) is 0 Å². The average Bonchev–Trinajstić information content (AvgIpc) is 3.13. The number of carbonyl (C=O) groups excluding carboxylic acids is 2. The monoisotopic (exact) mass is 303 g/mol. The summed E-state index contributed by atoms with van der Waals surface area (Å²) < 4.78 is 0. The molecule has 1 N–H and O–H groups in total. The van der Waals surface area contributed by atoms with Crippen LogP contribution in [0.5, 0.6) is 0 Å². The van der Waals surface area contributed by atoms with Crippen LogP contribution in [0.3, 0.4) is 0 Å². The van der Waals surface area contributed by atoms with Crippen molar-refractivity contribution in [3.05, 3.63) is 36.0 Å². The van der Waals surface area contributed by atoms with Crippen LogP contribution in [-0.2, 0) is 4.79 Å². The van der Waals surface area contributed by atoms with E-state index >= 15 is 0 Å². The molecule has 2 amide bonds. The molecule has 1 aromatic carbocycles. The molecule has 2 heterocycles. The molecule has 2 aromatic rings. The Kier molecular flexibility index (Phi) is 3.63. The molecule has 21 heavy (non-hydrogen) atoms. The smallest absolute Gasteiger partial charge is 0.257 e. The fourth-order valence-electron chi connectivity index (χ4n) is 2.56. The van der Waals surface area contributed by atoms with E-state index in [0.29, 0.717) is 17.2 Å². The van der Waals surface area contributed by atoms with Crippen LogP contribution in [0.25, 0.3) is 10.9 Å². The van der Waals surface area contributed by atoms with Gasteiger partial charge in [0.05, 0.1) is 17.0 Å². The molecule has 1 atom stereocenters. The van der Waals surface area contributed by atoms with Crippen molar-refractivity contribution >= 4 is 34.5 Å². The molecule has 0 bridgehead atoms. The van der Waals surface area contributed by atoms with Crippen LogP contribution >= 0.6 is 11.8 Å². The van der Waals surface area contributed by atoms with Crippen LogP contribution < -0.4 is 0 Å². The number of nitrogens with zero attached hydrogens (tertiary/aromatic N) is 2. The second kappa shape index (κ2) is 5.44. The van der Waals surface area contributed by atoms with Crippen molar-refractivity contribution in [3.63, 3.8) is 0 Å². The van der Waals surface area contributed by atoms with Crippen LogP contribution in [0.2, 0.25) is 0 Å². The molecular weight excluding hydrogens is 286 g/mol. The standard InChI is InChI=1S/C15H17N3O2S/c1-17(2)15(20)12-8-21-9-18(12)14(19)11-5-3-4-10-6-7-16-13(10)11/h3-7,12,16H,8-9H2,1-2H3. The largest absolute Gasteiger partial charge is 0.361 e. The third kappa shape index (κ3) is 2.40. The number of para-hydroxylation sites is 1. The number of hydrogen-bond donors (Lipinski definition) is 1. The topological polar surface area (TPSA) is 56.4 Å². The molecule has 0 spiro atoms. The number of hydrogen-bond acceptors (Lipinski definition) is 3. The summed E-state index contributed by atoms with van der Waals surface area (Å²) in [4.78, 5) is 31.4. The molecule has 1 aromatic heterocycles. The number of nitrogens with one attached hydrogen (secondary N) is 1. The van der Waals surface area contributed by atoms with E-state index < -0.39 is 0 Å². The summed E-state index contributed by atoms with van der Waals surface area (Å²) in [5.74, 6) is 1.10. The summed E-state index contributed by atoms with van der Waals surface area (Å²) in [6, 6.07) is 7.20. The lowest BCUT2D eigenvalue weighted by Crippen LogP contribution is -2.46. The molecule has 0 saturated carbocycles. The van der Waals surface area contributed by atoms with Gasteiger partial charge in [-0.3, -0.25) is 9.59 Å². The normalized spacial score (nSPS) is 18.2. The Labute approximate surface area is 127 Å². The number of aromatic nitrogens is 1. The molecule has 1 saturated heterocycles. The van der Waals surface area contributed by atoms with E-state index in [4.69, 9.17) is 0 Å². The summed E-state index contributed by atoms with van der Waals surface area (Å²) in [5, 5.41) is 1.00. The van der Waals surface area contributed by atoms with Crippen molar-refractivity contribution in [2.24, 2.45) is 0 Å². The van der Waals surface area contributed by atoms with Gasteiger partial charge in [0.2, 0.25) is 5.91 Å². The van der Waals surface area contributed by atoms with Gasteiger partial charge in [0.15, 0.2) is 0 Å². The molecule has 5 nitrogen and oxygen atoms in total. The fourth-order valence-corrected chi connectivity index (χ4v) is 3.71. The lowest BCUT2D eigenvalue weighted by atomic mass is 10.1. The molecular formula is C15H17N3O2S. The average molecular weight is 303 g/mol. The van der Waals surface area contributed by atoms with E-state index in [0.717, 1.165) is 10.9 Å². The quantitative estimate of drug-likeness (QED) is 0.920. The third-order valence-corrected chi connectivity index (χ3v) is 4.70. The van der Waals surface area contributed by atoms with Gasteiger partial charge in [0.1, 0.15) is 6.04 Å². The van der Waals surface area contributed by atoms with Crippen molar-refractivity contribution in [3.8, 4) is 0 Å². The number of carbonyl (C=O) groups is 2. The van der Waals surface area contributed by atoms with Crippen molar-refractivity contribution < 1.29 is 9.59 Å². The Morgan fingerprint density at radius 2 is 2.14 bits per heavy atom. The van der Waals surface area contributed by atoms with Gasteiger partial charge in [-0.15, -0.1) is 11.8 Å². The number of amides is 2. The molecule has 0 radical (unpaired) electrons. The first-order valence-corrected chi connectivity index (χ1v) is 7.91. The van der Waals surface area contributed by atoms with E-state index in [2.05, 4.69) is 4.98 Å². The van der Waals surface area contributed by atoms with Crippen LogP contribution in [0, 0.1) is 0 Å². The molecule has 3 rings (SSSR count). The number of fused-ring (bicyclic) bond motifs is 1. The van der Waals surface area contributed by atoms with Gasteiger partial charge in [-0.05, 0) is 12.1 Å². The van der Waals surface area contributed by atoms with Crippen molar-refractivity contribution in [2.45, 2.75) is 6.04 Å². The highest BCUT2D eigenvalue weighted by atomic mass is 32.2. The van der Waals surface area contributed by atoms with Gasteiger partial charge in [-0.25, -0.2) is 0 Å². The van der Waals surface area contributed by atoms with E-state index in [1.807, 2.05) is 24.4 Å². The number of aromatic amines is 1. The van der Waals surface area contributed by atoms with E-state index in [9.17, 15) is 9.59 Å². The number of rotatable bonds is 2. The third-order valence-electron chi connectivity index (χ3n) is 3.69. The summed E-state index contributed by atoms with van der Waals surface area (Å²) in [5.41, 5.74) is 1.45. The summed E-state index contributed by atoms with van der Waals surface area (Å²) in [7, 11) is 3.44. The Morgan fingerprint density at radius 1 is 1.33 bits per heavy atom. The molecule has 6 heteroatoms. The van der Waals surface area contributed by atoms with E-state index in [1.54, 1.807) is 41.7 Å². The second-order valence-corrected chi connectivity index (χ2v) is 6.27. The SMILES string of the molecule is CN(C)C(=O)C1CSCN1C(=O)c1cccc2cc[nH]c12. The zero-order valence-electron chi connectivity index (χ0n) is 12.0. The molecule has 1 aliphatic rings. The first-order valence-electron chi connectivity index (χ1n) is 6.75. The van der Waals surface area contributed by atoms with Gasteiger partial charge < -0.3 is 14.8 Å². The maximum atomic E-state index is 12.8. The van der Waals surface area contributed by atoms with Gasteiger partial charge in [0.25, 0.3) is 5.91 Å². The summed E-state index contributed by atoms with van der Waals surface area (Å²) >= 11 is 1.61. The number of likely N-dealkylation sites (N-methyl/N-ethyl adjacent to an activating group) is 1. The number of H-pyrrole nitrogens is 1. The summed E-state index contributed by atoms with van der Waals surface area (Å²) in [6.45, 7) is 0. The van der Waals surface area contributed by atoms with E-state index in [1.165, 1.54) is 0 Å². The molecule has 1 unspecified atom stereocenters. The molecule has 1 aliphatic heterocycles. The number of thioether (sulfide) groups is 1. The van der Waals surface area contributed by atoms with Crippen molar-refractivity contribution in [2.75, 3.05) is 25.7 Å². The zero-order valence-corrected chi connectivity index (χ0v) is 12.8. The van der Waals surface area contributed by atoms with Gasteiger partial charge in [-0.1, -0.05) is 12.1 Å². The Balaban J connectivity index is 1.94. The highest BCUT2D eigenvalue weighted by Crippen LogP contribution is 2.26. The molecule has 110 valence electrons.